The number of nitrogen functional groups attached to an aromatic ring is 1. The van der Waals surface area contributed by atoms with Crippen LogP contribution in [-0.4, -0.2) is 17.7 Å². The van der Waals surface area contributed by atoms with Crippen molar-refractivity contribution in [1.82, 2.24) is 0 Å². The fraction of sp³-hybridized carbons (Fsp3) is 0. The summed E-state index contributed by atoms with van der Waals surface area (Å²) in [7, 11) is 0. The lowest BCUT2D eigenvalue weighted by Gasteiger charge is -2.01. The lowest BCUT2D eigenvalue weighted by molar-refractivity contribution is 0.109. The van der Waals surface area contributed by atoms with Crippen LogP contribution in [0.2, 0.25) is 0 Å². The van der Waals surface area contributed by atoms with Gasteiger partial charge in [-0.3, -0.25) is 9.59 Å². The average molecular weight is 165 g/mol. The van der Waals surface area contributed by atoms with Crippen molar-refractivity contribution in [3.63, 3.8) is 0 Å². The van der Waals surface area contributed by atoms with Gasteiger partial charge >= 0.3 is 0 Å². The predicted molar refractivity (Wildman–Crippen MR) is 43.3 cm³/mol. The van der Waals surface area contributed by atoms with Crippen LogP contribution < -0.4 is 5.73 Å². The molecule has 0 unspecified atom stereocenters. The molecule has 0 aliphatic heterocycles. The normalized spacial score (nSPS) is 9.33. The van der Waals surface area contributed by atoms with E-state index in [9.17, 15) is 9.59 Å². The van der Waals surface area contributed by atoms with Gasteiger partial charge in [0.05, 0.1) is 5.56 Å². The lowest BCUT2D eigenvalue weighted by Crippen LogP contribution is -1.94. The SMILES string of the molecule is Nc1cc(O)c(C=O)c(C=O)c1. The summed E-state index contributed by atoms with van der Waals surface area (Å²) >= 11 is 0. The van der Waals surface area contributed by atoms with Crippen molar-refractivity contribution < 1.29 is 14.7 Å². The highest BCUT2D eigenvalue weighted by Gasteiger charge is 2.06. The first-order valence-corrected chi connectivity index (χ1v) is 3.22. The molecule has 3 N–H and O–H groups in total. The molecule has 0 amide bonds. The minimum Gasteiger partial charge on any atom is -0.507 e. The second-order valence-corrected chi connectivity index (χ2v) is 2.28. The monoisotopic (exact) mass is 165 g/mol. The van der Waals surface area contributed by atoms with E-state index in [4.69, 9.17) is 10.8 Å². The second kappa shape index (κ2) is 3.04. The number of aromatic hydroxyl groups is 1. The summed E-state index contributed by atoms with van der Waals surface area (Å²) in [6.45, 7) is 0. The molecule has 0 atom stereocenters. The van der Waals surface area contributed by atoms with Crippen LogP contribution in [0.1, 0.15) is 20.7 Å². The Balaban J connectivity index is 3.43. The van der Waals surface area contributed by atoms with Crippen LogP contribution in [0.15, 0.2) is 12.1 Å². The van der Waals surface area contributed by atoms with Gasteiger partial charge in [0.1, 0.15) is 5.75 Å². The van der Waals surface area contributed by atoms with Crippen LogP contribution >= 0.6 is 0 Å². The van der Waals surface area contributed by atoms with Crippen LogP contribution in [0.4, 0.5) is 5.69 Å². The van der Waals surface area contributed by atoms with E-state index in [1.54, 1.807) is 0 Å². The van der Waals surface area contributed by atoms with Crippen LogP contribution in [0.5, 0.6) is 5.75 Å². The van der Waals surface area contributed by atoms with E-state index in [-0.39, 0.29) is 22.6 Å². The van der Waals surface area contributed by atoms with Gasteiger partial charge in [-0.05, 0) is 6.07 Å². The Morgan fingerprint density at radius 3 is 2.42 bits per heavy atom. The topological polar surface area (TPSA) is 80.4 Å². The highest BCUT2D eigenvalue weighted by atomic mass is 16.3. The first kappa shape index (κ1) is 8.26. The first-order chi connectivity index (χ1) is 5.69. The quantitative estimate of drug-likeness (QED) is 0.496. The van der Waals surface area contributed by atoms with E-state index < -0.39 is 0 Å². The van der Waals surface area contributed by atoms with Gasteiger partial charge < -0.3 is 10.8 Å². The van der Waals surface area contributed by atoms with Crippen LogP contribution in [0, 0.1) is 0 Å². The molecule has 1 aromatic carbocycles. The summed E-state index contributed by atoms with van der Waals surface area (Å²) in [5, 5.41) is 9.13. The molecule has 1 rings (SSSR count). The van der Waals surface area contributed by atoms with Crippen LogP contribution in [0.3, 0.4) is 0 Å². The second-order valence-electron chi connectivity index (χ2n) is 2.28. The molecule has 0 aliphatic rings. The van der Waals surface area contributed by atoms with Crippen molar-refractivity contribution in [2.24, 2.45) is 0 Å². The van der Waals surface area contributed by atoms with Gasteiger partial charge in [0, 0.05) is 17.3 Å². The van der Waals surface area contributed by atoms with Gasteiger partial charge in [-0.2, -0.15) is 0 Å². The van der Waals surface area contributed by atoms with Crippen LogP contribution in [-0.2, 0) is 0 Å². The Labute approximate surface area is 68.6 Å². The molecule has 4 heteroatoms. The molecule has 0 aliphatic carbocycles. The van der Waals surface area contributed by atoms with Gasteiger partial charge in [-0.15, -0.1) is 0 Å². The fourth-order valence-electron chi connectivity index (χ4n) is 0.908. The summed E-state index contributed by atoms with van der Waals surface area (Å²) < 4.78 is 0. The number of carbonyl (C=O) groups is 2. The molecule has 0 aromatic heterocycles. The standard InChI is InChI=1S/C8H7NO3/c9-6-1-5(3-10)7(4-11)8(12)2-6/h1-4,12H,9H2. The molecule has 0 saturated heterocycles. The molecule has 12 heavy (non-hydrogen) atoms. The van der Waals surface area contributed by atoms with E-state index >= 15 is 0 Å². The summed E-state index contributed by atoms with van der Waals surface area (Å²) in [5.74, 6) is -0.271. The molecule has 0 fully saturated rings. The number of nitrogens with two attached hydrogens (primary N) is 1. The summed E-state index contributed by atoms with van der Waals surface area (Å²) in [4.78, 5) is 20.7. The number of rotatable bonds is 2. The number of benzene rings is 1. The van der Waals surface area contributed by atoms with Gasteiger partial charge in [-0.25, -0.2) is 0 Å². The van der Waals surface area contributed by atoms with E-state index in [0.717, 1.165) is 0 Å². The number of anilines is 1. The molecule has 0 heterocycles. The van der Waals surface area contributed by atoms with Crippen molar-refractivity contribution in [2.45, 2.75) is 0 Å². The predicted octanol–water partition coefficient (Wildman–Crippen LogP) is 0.599. The molecule has 62 valence electrons. The van der Waals surface area contributed by atoms with Crippen molar-refractivity contribution in [2.75, 3.05) is 5.73 Å². The van der Waals surface area contributed by atoms with Crippen molar-refractivity contribution >= 4 is 18.3 Å². The Morgan fingerprint density at radius 2 is 1.92 bits per heavy atom. The van der Waals surface area contributed by atoms with Gasteiger partial charge in [0.15, 0.2) is 12.6 Å². The third kappa shape index (κ3) is 1.27. The smallest absolute Gasteiger partial charge is 0.154 e. The fourth-order valence-corrected chi connectivity index (χ4v) is 0.908. The lowest BCUT2D eigenvalue weighted by atomic mass is 10.1. The Bertz CT molecular complexity index is 333. The number of carbonyl (C=O) groups excluding carboxylic acids is 2. The van der Waals surface area contributed by atoms with Crippen LogP contribution in [0.25, 0.3) is 0 Å². The highest BCUT2D eigenvalue weighted by molar-refractivity contribution is 5.94. The van der Waals surface area contributed by atoms with Crippen molar-refractivity contribution in [1.29, 1.82) is 0 Å². The first-order valence-electron chi connectivity index (χ1n) is 3.22. The summed E-state index contributed by atoms with van der Waals surface area (Å²) in [5.41, 5.74) is 5.64. The van der Waals surface area contributed by atoms with Gasteiger partial charge in [0.25, 0.3) is 0 Å². The maximum absolute atomic E-state index is 10.4. The Morgan fingerprint density at radius 1 is 1.25 bits per heavy atom. The molecular weight excluding hydrogens is 158 g/mol. The Kier molecular flexibility index (Phi) is 2.09. The number of hydrogen-bond donors (Lipinski definition) is 2. The minimum atomic E-state index is -0.271. The van der Waals surface area contributed by atoms with Gasteiger partial charge in [-0.1, -0.05) is 0 Å². The molecule has 4 nitrogen and oxygen atoms in total. The zero-order chi connectivity index (χ0) is 9.14. The van der Waals surface area contributed by atoms with Crippen molar-refractivity contribution in [3.8, 4) is 5.75 Å². The maximum atomic E-state index is 10.4. The van der Waals surface area contributed by atoms with Gasteiger partial charge in [0.2, 0.25) is 0 Å². The number of phenolic OH excluding ortho intramolecular Hbond substituents is 1. The zero-order valence-electron chi connectivity index (χ0n) is 6.15. The maximum Gasteiger partial charge on any atom is 0.154 e. The third-order valence-corrected chi connectivity index (χ3v) is 1.46. The molecule has 0 spiro atoms. The molecular formula is C8H7NO3. The van der Waals surface area contributed by atoms with E-state index in [0.29, 0.717) is 12.6 Å². The van der Waals surface area contributed by atoms with Crippen molar-refractivity contribution in [3.05, 3.63) is 23.3 Å². The van der Waals surface area contributed by atoms with E-state index in [1.807, 2.05) is 0 Å². The van der Waals surface area contributed by atoms with E-state index in [2.05, 4.69) is 0 Å². The third-order valence-electron chi connectivity index (χ3n) is 1.46. The molecule has 0 bridgehead atoms. The highest BCUT2D eigenvalue weighted by Crippen LogP contribution is 2.21. The number of hydrogen-bond acceptors (Lipinski definition) is 4. The molecule has 1 aromatic rings. The number of phenols is 1. The largest absolute Gasteiger partial charge is 0.507 e. The minimum absolute atomic E-state index is 0.0285. The number of aldehydes is 2. The zero-order valence-corrected chi connectivity index (χ0v) is 6.15. The van der Waals surface area contributed by atoms with E-state index in [1.165, 1.54) is 12.1 Å². The molecule has 0 radical (unpaired) electrons. The Hall–Kier alpha value is -1.84. The average Bonchev–Trinajstić information content (AvgIpc) is 2.03. The summed E-state index contributed by atoms with van der Waals surface area (Å²) in [6.07, 6.45) is 0.887. The summed E-state index contributed by atoms with van der Waals surface area (Å²) in [6, 6.07) is 2.55. The molecule has 0 saturated carbocycles.